The summed E-state index contributed by atoms with van der Waals surface area (Å²) in [4.78, 5) is 5.47. The van der Waals surface area contributed by atoms with E-state index in [1.807, 2.05) is 0 Å². The summed E-state index contributed by atoms with van der Waals surface area (Å²) < 4.78 is 0. The van der Waals surface area contributed by atoms with Gasteiger partial charge < -0.3 is 9.80 Å². The third kappa shape index (κ3) is 6.77. The van der Waals surface area contributed by atoms with Crippen LogP contribution >= 0.6 is 0 Å². The molecule has 2 nitrogen and oxygen atoms in total. The number of benzene rings is 6. The summed E-state index contributed by atoms with van der Waals surface area (Å²) in [7, 11) is 0. The van der Waals surface area contributed by atoms with E-state index in [1.165, 1.54) is 119 Å². The Labute approximate surface area is 417 Å². The number of rotatable bonds is 4. The van der Waals surface area contributed by atoms with Crippen LogP contribution in [0.3, 0.4) is 0 Å². The van der Waals surface area contributed by atoms with Gasteiger partial charge in [-0.15, -0.1) is 0 Å². The standard InChI is InChI=1S/C66H79BN2/c1-40-30-46-50(65(15,16)39-63(46,11)12)36-53(40)69-55-37-49-48(60(5,6)28-29-61(49,7)8)35-52(55)67-51-27-24-42(66(17,18)41-22-20-19-21-23-41)31-54(51)68(56-32-43(59(2,3)4)33-57(69)58(56)67)44-25-26-45-47(34-44)64(13,14)38-62(45,9)10/h19-27,30-37H,28-29,38-39H2,1-18H3. The number of nitrogens with zero attached hydrogens (tertiary/aromatic N) is 2. The molecule has 2 aliphatic heterocycles. The summed E-state index contributed by atoms with van der Waals surface area (Å²) in [6, 6.07) is 42.1. The van der Waals surface area contributed by atoms with E-state index in [0.717, 1.165) is 12.8 Å². The first kappa shape index (κ1) is 46.4. The van der Waals surface area contributed by atoms with Gasteiger partial charge in [0.25, 0.3) is 6.71 Å². The van der Waals surface area contributed by atoms with Crippen LogP contribution in [0.5, 0.6) is 0 Å². The van der Waals surface area contributed by atoms with Gasteiger partial charge in [0, 0.05) is 39.5 Å². The fourth-order valence-corrected chi connectivity index (χ4v) is 14.9. The zero-order chi connectivity index (χ0) is 49.6. The predicted octanol–water partition coefficient (Wildman–Crippen LogP) is 16.0. The third-order valence-electron chi connectivity index (χ3n) is 18.6. The topological polar surface area (TPSA) is 6.48 Å². The molecule has 6 aromatic carbocycles. The highest BCUT2D eigenvalue weighted by atomic mass is 15.2. The van der Waals surface area contributed by atoms with Gasteiger partial charge in [-0.1, -0.05) is 178 Å². The lowest BCUT2D eigenvalue weighted by molar-refractivity contribution is 0.332. The van der Waals surface area contributed by atoms with Crippen molar-refractivity contribution in [2.75, 3.05) is 9.80 Å². The Bertz CT molecular complexity index is 3150. The largest absolute Gasteiger partial charge is 0.311 e. The maximum absolute atomic E-state index is 2.76. The Morgan fingerprint density at radius 1 is 0.406 bits per heavy atom. The first-order valence-corrected chi connectivity index (χ1v) is 26.4. The molecule has 3 heteroatoms. The smallest absolute Gasteiger partial charge is 0.252 e. The zero-order valence-corrected chi connectivity index (χ0v) is 45.6. The average Bonchev–Trinajstić information content (AvgIpc) is 3.57. The Balaban J connectivity index is 1.28. The number of fused-ring (bicyclic) bond motifs is 7. The summed E-state index contributed by atoms with van der Waals surface area (Å²) in [5.41, 5.74) is 26.7. The lowest BCUT2D eigenvalue weighted by atomic mass is 9.33. The summed E-state index contributed by atoms with van der Waals surface area (Å²) in [6.45, 7) is 44.2. The third-order valence-corrected chi connectivity index (χ3v) is 18.6. The highest BCUT2D eigenvalue weighted by Crippen LogP contribution is 2.56. The molecule has 6 aromatic rings. The molecule has 0 radical (unpaired) electrons. The van der Waals surface area contributed by atoms with E-state index in [4.69, 9.17) is 0 Å². The number of hydrogen-bond donors (Lipinski definition) is 0. The van der Waals surface area contributed by atoms with Gasteiger partial charge in [0.2, 0.25) is 0 Å². The fraction of sp³-hybridized carbons (Fsp3) is 0.455. The lowest BCUT2D eigenvalue weighted by Gasteiger charge is -2.48. The molecule has 0 amide bonds. The van der Waals surface area contributed by atoms with Gasteiger partial charge in [-0.3, -0.25) is 0 Å². The average molecular weight is 911 g/mol. The van der Waals surface area contributed by atoms with Crippen molar-refractivity contribution in [3.05, 3.63) is 159 Å². The van der Waals surface area contributed by atoms with E-state index in [2.05, 4.69) is 238 Å². The van der Waals surface area contributed by atoms with Gasteiger partial charge in [0.15, 0.2) is 0 Å². The van der Waals surface area contributed by atoms with Crippen molar-refractivity contribution in [2.45, 2.75) is 194 Å². The Kier molecular flexibility index (Phi) is 9.63. The summed E-state index contributed by atoms with van der Waals surface area (Å²) in [5, 5.41) is 0. The second kappa shape index (κ2) is 14.3. The van der Waals surface area contributed by atoms with Gasteiger partial charge in [-0.25, -0.2) is 0 Å². The molecule has 3 aliphatic carbocycles. The van der Waals surface area contributed by atoms with Crippen LogP contribution in [0.1, 0.15) is 199 Å². The molecule has 0 saturated carbocycles. The van der Waals surface area contributed by atoms with Gasteiger partial charge in [0.1, 0.15) is 0 Å². The lowest BCUT2D eigenvalue weighted by Crippen LogP contribution is -2.62. The number of anilines is 6. The normalized spacial score (nSPS) is 20.4. The molecule has 0 spiro atoms. The minimum atomic E-state index is -0.214. The SMILES string of the molecule is Cc1cc2c(cc1N1c3cc4c(cc3B3c5ccc(C(C)(C)c6ccccc6)cc5N(c5ccc6c(c5)C(C)(C)CC6(C)C)c5cc(C(C)(C)C)cc1c53)C(C)(C)CCC4(C)C)C(C)(C)CC2(C)C. The van der Waals surface area contributed by atoms with Gasteiger partial charge in [0.05, 0.1) is 0 Å². The van der Waals surface area contributed by atoms with Crippen LogP contribution in [-0.4, -0.2) is 6.71 Å². The maximum Gasteiger partial charge on any atom is 0.252 e. The predicted molar refractivity (Wildman–Crippen MR) is 299 cm³/mol. The molecular weight excluding hydrogens is 832 g/mol. The Morgan fingerprint density at radius 3 is 1.51 bits per heavy atom. The Morgan fingerprint density at radius 2 is 0.899 bits per heavy atom. The van der Waals surface area contributed by atoms with Gasteiger partial charge >= 0.3 is 0 Å². The summed E-state index contributed by atoms with van der Waals surface area (Å²) in [5.74, 6) is 0. The van der Waals surface area contributed by atoms with Crippen molar-refractivity contribution >= 4 is 57.2 Å². The number of hydrogen-bond acceptors (Lipinski definition) is 2. The van der Waals surface area contributed by atoms with E-state index >= 15 is 0 Å². The van der Waals surface area contributed by atoms with Gasteiger partial charge in [-0.05, 0) is 185 Å². The number of aryl methyl sites for hydroxylation is 1. The molecule has 0 saturated heterocycles. The first-order chi connectivity index (χ1) is 31.9. The van der Waals surface area contributed by atoms with Crippen molar-refractivity contribution in [3.63, 3.8) is 0 Å². The quantitative estimate of drug-likeness (QED) is 0.162. The van der Waals surface area contributed by atoms with E-state index in [1.54, 1.807) is 0 Å². The molecule has 0 aromatic heterocycles. The van der Waals surface area contributed by atoms with Crippen LogP contribution in [0.15, 0.2) is 103 Å². The van der Waals surface area contributed by atoms with Crippen molar-refractivity contribution in [1.82, 2.24) is 0 Å². The van der Waals surface area contributed by atoms with Crippen LogP contribution in [0.2, 0.25) is 0 Å². The van der Waals surface area contributed by atoms with E-state index in [-0.39, 0.29) is 50.0 Å². The minimum Gasteiger partial charge on any atom is -0.311 e. The zero-order valence-electron chi connectivity index (χ0n) is 45.6. The molecule has 2 heterocycles. The van der Waals surface area contributed by atoms with E-state index < -0.39 is 0 Å². The van der Waals surface area contributed by atoms with Crippen molar-refractivity contribution in [1.29, 1.82) is 0 Å². The second-order valence-corrected chi connectivity index (χ2v) is 28.1. The fourth-order valence-electron chi connectivity index (χ4n) is 14.9. The van der Waals surface area contributed by atoms with Crippen LogP contribution in [0.4, 0.5) is 34.1 Å². The van der Waals surface area contributed by atoms with Crippen molar-refractivity contribution in [2.24, 2.45) is 0 Å². The van der Waals surface area contributed by atoms with Crippen LogP contribution in [0.25, 0.3) is 0 Å². The molecule has 0 unspecified atom stereocenters. The molecular formula is C66H79BN2. The van der Waals surface area contributed by atoms with Gasteiger partial charge in [-0.2, -0.15) is 0 Å². The van der Waals surface area contributed by atoms with Crippen molar-refractivity contribution < 1.29 is 0 Å². The van der Waals surface area contributed by atoms with E-state index in [0.29, 0.717) is 0 Å². The second-order valence-electron chi connectivity index (χ2n) is 28.1. The summed E-state index contributed by atoms with van der Waals surface area (Å²) in [6.07, 6.45) is 4.64. The van der Waals surface area contributed by atoms with Crippen molar-refractivity contribution in [3.8, 4) is 0 Å². The molecule has 0 bridgehead atoms. The minimum absolute atomic E-state index is 0.0384. The molecule has 356 valence electrons. The highest BCUT2D eigenvalue weighted by Gasteiger charge is 2.50. The molecule has 5 aliphatic rings. The van der Waals surface area contributed by atoms with E-state index in [9.17, 15) is 0 Å². The molecule has 69 heavy (non-hydrogen) atoms. The van der Waals surface area contributed by atoms with Crippen LogP contribution < -0.4 is 26.2 Å². The Hall–Kier alpha value is -5.02. The maximum atomic E-state index is 2.76. The first-order valence-electron chi connectivity index (χ1n) is 26.4. The molecule has 0 atom stereocenters. The highest BCUT2D eigenvalue weighted by molar-refractivity contribution is 7.00. The molecule has 11 rings (SSSR count). The van der Waals surface area contributed by atoms with Crippen LogP contribution in [0, 0.1) is 6.92 Å². The van der Waals surface area contributed by atoms with Crippen LogP contribution in [-0.2, 0) is 43.3 Å². The molecule has 0 N–H and O–H groups in total. The monoisotopic (exact) mass is 911 g/mol. The summed E-state index contributed by atoms with van der Waals surface area (Å²) >= 11 is 0. The molecule has 0 fully saturated rings.